The Hall–Kier alpha value is -1.55. The van der Waals surface area contributed by atoms with Crippen molar-refractivity contribution < 1.29 is 9.47 Å². The maximum Gasteiger partial charge on any atom is 0.140 e. The van der Waals surface area contributed by atoms with Crippen molar-refractivity contribution in [3.05, 3.63) is 29.3 Å². The van der Waals surface area contributed by atoms with Crippen LogP contribution in [-0.4, -0.2) is 32.1 Å². The van der Waals surface area contributed by atoms with Gasteiger partial charge in [0.2, 0.25) is 0 Å². The Morgan fingerprint density at radius 3 is 3.05 bits per heavy atom. The second-order valence-electron chi connectivity index (χ2n) is 4.97. The van der Waals surface area contributed by atoms with Gasteiger partial charge < -0.3 is 14.8 Å². The number of nitrogens with one attached hydrogen (secondary N) is 1. The van der Waals surface area contributed by atoms with E-state index in [4.69, 9.17) is 9.47 Å². The highest BCUT2D eigenvalue weighted by molar-refractivity contribution is 5.89. The van der Waals surface area contributed by atoms with Gasteiger partial charge in [-0.25, -0.2) is 0 Å². The summed E-state index contributed by atoms with van der Waals surface area (Å²) in [5.74, 6) is 1.93. The fourth-order valence-corrected chi connectivity index (χ4v) is 2.82. The molecule has 0 bridgehead atoms. The van der Waals surface area contributed by atoms with E-state index in [-0.39, 0.29) is 12.2 Å². The summed E-state index contributed by atoms with van der Waals surface area (Å²) >= 11 is 0. The first-order valence-electron chi connectivity index (χ1n) is 6.93. The molecule has 1 aromatic carbocycles. The van der Waals surface area contributed by atoms with Crippen LogP contribution < -0.4 is 10.1 Å². The molecule has 0 saturated heterocycles. The van der Waals surface area contributed by atoms with Crippen molar-refractivity contribution in [2.24, 2.45) is 4.99 Å². The maximum absolute atomic E-state index is 6.20. The van der Waals surface area contributed by atoms with Crippen molar-refractivity contribution in [2.75, 3.05) is 20.2 Å². The molecule has 19 heavy (non-hydrogen) atoms. The molecule has 102 valence electrons. The summed E-state index contributed by atoms with van der Waals surface area (Å²) < 4.78 is 11.7. The van der Waals surface area contributed by atoms with Crippen LogP contribution in [0.15, 0.2) is 23.2 Å². The van der Waals surface area contributed by atoms with Gasteiger partial charge in [0.15, 0.2) is 0 Å². The molecular weight excluding hydrogens is 240 g/mol. The van der Waals surface area contributed by atoms with E-state index in [2.05, 4.69) is 23.3 Å². The molecule has 2 aliphatic heterocycles. The topological polar surface area (TPSA) is 42.8 Å². The van der Waals surface area contributed by atoms with Crippen molar-refractivity contribution in [1.29, 1.82) is 0 Å². The summed E-state index contributed by atoms with van der Waals surface area (Å²) in [4.78, 5) is 4.52. The number of hydrogen-bond acceptors (Lipinski definition) is 4. The van der Waals surface area contributed by atoms with Crippen LogP contribution in [0.3, 0.4) is 0 Å². The lowest BCUT2D eigenvalue weighted by Gasteiger charge is -2.32. The zero-order valence-electron chi connectivity index (χ0n) is 11.5. The average Bonchev–Trinajstić information content (AvgIpc) is 2.99. The van der Waals surface area contributed by atoms with E-state index in [1.54, 1.807) is 7.11 Å². The molecule has 0 aliphatic carbocycles. The van der Waals surface area contributed by atoms with E-state index in [0.717, 1.165) is 37.5 Å². The Bertz CT molecular complexity index is 499. The van der Waals surface area contributed by atoms with Crippen molar-refractivity contribution in [3.8, 4) is 5.75 Å². The Labute approximate surface area is 113 Å². The molecule has 0 spiro atoms. The summed E-state index contributed by atoms with van der Waals surface area (Å²) in [5.41, 5.74) is 2.46. The van der Waals surface area contributed by atoms with E-state index in [1.165, 1.54) is 11.1 Å². The first-order valence-corrected chi connectivity index (χ1v) is 6.93. The predicted molar refractivity (Wildman–Crippen MR) is 74.9 cm³/mol. The number of rotatable bonds is 3. The molecule has 2 aliphatic rings. The van der Waals surface area contributed by atoms with Gasteiger partial charge >= 0.3 is 0 Å². The van der Waals surface area contributed by atoms with E-state index >= 15 is 0 Å². The van der Waals surface area contributed by atoms with Gasteiger partial charge in [-0.3, -0.25) is 4.99 Å². The third-order valence-electron chi connectivity index (χ3n) is 3.84. The fourth-order valence-electron chi connectivity index (χ4n) is 2.82. The van der Waals surface area contributed by atoms with Crippen LogP contribution in [0.2, 0.25) is 0 Å². The van der Waals surface area contributed by atoms with Gasteiger partial charge in [-0.2, -0.15) is 0 Å². The van der Waals surface area contributed by atoms with Crippen molar-refractivity contribution in [3.63, 3.8) is 0 Å². The fraction of sp³-hybridized carbons (Fsp3) is 0.533. The van der Waals surface area contributed by atoms with Crippen LogP contribution in [0.5, 0.6) is 5.75 Å². The smallest absolute Gasteiger partial charge is 0.140 e. The molecular formula is C15H20N2O2. The zero-order valence-corrected chi connectivity index (χ0v) is 11.5. The monoisotopic (exact) mass is 260 g/mol. The largest absolute Gasteiger partial charge is 0.496 e. The second kappa shape index (κ2) is 5.21. The number of amidine groups is 1. The molecule has 2 heterocycles. The standard InChI is InChI=1S/C15H20N2O2/c1-3-10-9-12-11(5-4-6-13(12)18-2)14(19-10)15-16-7-8-17-15/h4-6,10,14H,3,7-9H2,1-2H3,(H,16,17). The van der Waals surface area contributed by atoms with Crippen LogP contribution in [0.4, 0.5) is 0 Å². The number of methoxy groups -OCH3 is 1. The Morgan fingerprint density at radius 2 is 2.37 bits per heavy atom. The highest BCUT2D eigenvalue weighted by atomic mass is 16.5. The number of ether oxygens (including phenoxy) is 2. The summed E-state index contributed by atoms with van der Waals surface area (Å²) in [5, 5.41) is 3.33. The number of aliphatic imine (C=N–C) groups is 1. The number of hydrogen-bond donors (Lipinski definition) is 1. The molecule has 2 atom stereocenters. The Kier molecular flexibility index (Phi) is 3.42. The third kappa shape index (κ3) is 2.21. The maximum atomic E-state index is 6.20. The van der Waals surface area contributed by atoms with Gasteiger partial charge in [-0.15, -0.1) is 0 Å². The first kappa shape index (κ1) is 12.5. The molecule has 0 saturated carbocycles. The molecule has 2 unspecified atom stereocenters. The lowest BCUT2D eigenvalue weighted by molar-refractivity contribution is 0.00658. The molecule has 3 rings (SSSR count). The molecule has 0 fully saturated rings. The van der Waals surface area contributed by atoms with E-state index in [0.29, 0.717) is 0 Å². The third-order valence-corrected chi connectivity index (χ3v) is 3.84. The van der Waals surface area contributed by atoms with Crippen LogP contribution in [0, 0.1) is 0 Å². The summed E-state index contributed by atoms with van der Waals surface area (Å²) in [7, 11) is 1.73. The Morgan fingerprint density at radius 1 is 1.47 bits per heavy atom. The molecule has 4 nitrogen and oxygen atoms in total. The van der Waals surface area contributed by atoms with Gasteiger partial charge in [-0.1, -0.05) is 19.1 Å². The van der Waals surface area contributed by atoms with Crippen LogP contribution in [0.25, 0.3) is 0 Å². The van der Waals surface area contributed by atoms with Gasteiger partial charge in [-0.05, 0) is 18.1 Å². The quantitative estimate of drug-likeness (QED) is 0.905. The minimum Gasteiger partial charge on any atom is -0.496 e. The number of benzene rings is 1. The number of fused-ring (bicyclic) bond motifs is 1. The van der Waals surface area contributed by atoms with Crippen LogP contribution in [-0.2, 0) is 11.2 Å². The zero-order chi connectivity index (χ0) is 13.2. The molecule has 0 amide bonds. The first-order chi connectivity index (χ1) is 9.33. The lowest BCUT2D eigenvalue weighted by Crippen LogP contribution is -2.35. The van der Waals surface area contributed by atoms with Gasteiger partial charge in [0.25, 0.3) is 0 Å². The van der Waals surface area contributed by atoms with Crippen molar-refractivity contribution >= 4 is 5.84 Å². The van der Waals surface area contributed by atoms with Crippen LogP contribution >= 0.6 is 0 Å². The molecule has 4 heteroatoms. The molecule has 0 radical (unpaired) electrons. The van der Waals surface area contributed by atoms with Gasteiger partial charge in [0.05, 0.1) is 19.8 Å². The molecule has 1 aromatic rings. The molecule has 0 aromatic heterocycles. The van der Waals surface area contributed by atoms with Crippen molar-refractivity contribution in [1.82, 2.24) is 5.32 Å². The molecule has 1 N–H and O–H groups in total. The van der Waals surface area contributed by atoms with Gasteiger partial charge in [0.1, 0.15) is 17.7 Å². The highest BCUT2D eigenvalue weighted by Crippen LogP contribution is 2.37. The lowest BCUT2D eigenvalue weighted by atomic mass is 9.92. The number of nitrogens with zero attached hydrogens (tertiary/aromatic N) is 1. The highest BCUT2D eigenvalue weighted by Gasteiger charge is 2.32. The predicted octanol–water partition coefficient (Wildman–Crippen LogP) is 2.09. The normalized spacial score (nSPS) is 25.5. The van der Waals surface area contributed by atoms with Gasteiger partial charge in [0, 0.05) is 18.5 Å². The SMILES string of the molecule is CCC1Cc2c(OC)cccc2C(C2=NCCN2)O1. The van der Waals surface area contributed by atoms with E-state index in [9.17, 15) is 0 Å². The summed E-state index contributed by atoms with van der Waals surface area (Å²) in [6.07, 6.45) is 2.09. The van der Waals surface area contributed by atoms with E-state index < -0.39 is 0 Å². The summed E-state index contributed by atoms with van der Waals surface area (Å²) in [6.45, 7) is 3.91. The van der Waals surface area contributed by atoms with Crippen molar-refractivity contribution in [2.45, 2.75) is 32.0 Å². The minimum atomic E-state index is -0.0636. The van der Waals surface area contributed by atoms with E-state index in [1.807, 2.05) is 12.1 Å². The average molecular weight is 260 g/mol. The second-order valence-corrected chi connectivity index (χ2v) is 4.97. The Balaban J connectivity index is 2.03. The summed E-state index contributed by atoms with van der Waals surface area (Å²) in [6, 6.07) is 6.17. The minimum absolute atomic E-state index is 0.0636. The van der Waals surface area contributed by atoms with Crippen LogP contribution in [0.1, 0.15) is 30.6 Å².